The van der Waals surface area contributed by atoms with Crippen molar-refractivity contribution in [3.8, 4) is 0 Å². The predicted octanol–water partition coefficient (Wildman–Crippen LogP) is 3.10. The number of carbonyl (C=O) groups is 2. The third-order valence-corrected chi connectivity index (χ3v) is 5.09. The Kier molecular flexibility index (Phi) is 8.75. The van der Waals surface area contributed by atoms with E-state index in [0.29, 0.717) is 29.8 Å². The Morgan fingerprint density at radius 3 is 2.35 bits per heavy atom. The van der Waals surface area contributed by atoms with Gasteiger partial charge in [-0.3, -0.25) is 10.1 Å². The molecule has 1 aromatic carbocycles. The summed E-state index contributed by atoms with van der Waals surface area (Å²) >= 11 is 0. The van der Waals surface area contributed by atoms with E-state index in [0.717, 1.165) is 12.8 Å². The molecule has 1 aliphatic rings. The van der Waals surface area contributed by atoms with Crippen molar-refractivity contribution < 1.29 is 29.1 Å². The van der Waals surface area contributed by atoms with Crippen molar-refractivity contribution in [1.82, 2.24) is 5.32 Å². The number of nitro benzene ring substituents is 1. The van der Waals surface area contributed by atoms with Gasteiger partial charge < -0.3 is 19.9 Å². The van der Waals surface area contributed by atoms with Crippen LogP contribution in [-0.2, 0) is 19.1 Å². The molecule has 0 aromatic heterocycles. The summed E-state index contributed by atoms with van der Waals surface area (Å²) in [7, 11) is 1.24. The number of benzene rings is 1. The van der Waals surface area contributed by atoms with Gasteiger partial charge in [-0.15, -0.1) is 0 Å². The Labute approximate surface area is 180 Å². The molecule has 2 rings (SSSR count). The minimum atomic E-state index is -0.865. The molecule has 1 aromatic rings. The van der Waals surface area contributed by atoms with Gasteiger partial charge in [0.25, 0.3) is 5.69 Å². The third-order valence-electron chi connectivity index (χ3n) is 5.09. The largest absolute Gasteiger partial charge is 0.466 e. The molecule has 0 spiro atoms. The van der Waals surface area contributed by atoms with Gasteiger partial charge in [0.15, 0.2) is 0 Å². The molecule has 1 aliphatic heterocycles. The number of nitrogens with one attached hydrogen (secondary N) is 1. The number of methoxy groups -OCH3 is 1. The Morgan fingerprint density at radius 1 is 1.10 bits per heavy atom. The second-order valence-electron chi connectivity index (χ2n) is 7.25. The molecule has 31 heavy (non-hydrogen) atoms. The quantitative estimate of drug-likeness (QED) is 0.250. The number of allylic oxidation sites excluding steroid dienone is 2. The van der Waals surface area contributed by atoms with E-state index in [1.807, 2.05) is 0 Å². The van der Waals surface area contributed by atoms with E-state index < -0.39 is 22.8 Å². The predicted molar refractivity (Wildman–Crippen MR) is 113 cm³/mol. The Morgan fingerprint density at radius 2 is 1.74 bits per heavy atom. The van der Waals surface area contributed by atoms with Crippen LogP contribution in [0.15, 0.2) is 46.8 Å². The standard InChI is InChI=1S/C22H28N2O7/c1-14-18(21(26)30-3)20(16-9-8-10-17(13-16)24(28)29)19(15(2)23-14)22(27)31-12-7-5-4-6-11-25/h8-10,13,20,23,25H,4-7,11-12H2,1-3H3. The number of hydrogen-bond donors (Lipinski definition) is 2. The lowest BCUT2D eigenvalue weighted by atomic mass is 9.80. The smallest absolute Gasteiger partial charge is 0.336 e. The molecule has 0 bridgehead atoms. The summed E-state index contributed by atoms with van der Waals surface area (Å²) in [5.41, 5.74) is 1.69. The number of esters is 2. The van der Waals surface area contributed by atoms with E-state index in [9.17, 15) is 19.7 Å². The Hall–Kier alpha value is -3.20. The maximum absolute atomic E-state index is 13.0. The third kappa shape index (κ3) is 5.91. The van der Waals surface area contributed by atoms with Crippen molar-refractivity contribution in [2.75, 3.05) is 20.3 Å². The van der Waals surface area contributed by atoms with Gasteiger partial charge in [-0.05, 0) is 38.7 Å². The average Bonchev–Trinajstić information content (AvgIpc) is 2.75. The second kappa shape index (κ2) is 11.3. The molecule has 2 N–H and O–H groups in total. The molecule has 0 aliphatic carbocycles. The second-order valence-corrected chi connectivity index (χ2v) is 7.25. The van der Waals surface area contributed by atoms with Crippen LogP contribution < -0.4 is 5.32 Å². The summed E-state index contributed by atoms with van der Waals surface area (Å²) in [6, 6.07) is 5.84. The van der Waals surface area contributed by atoms with Gasteiger partial charge in [-0.1, -0.05) is 18.6 Å². The van der Waals surface area contributed by atoms with Gasteiger partial charge in [0.05, 0.1) is 35.7 Å². The number of aliphatic hydroxyl groups excluding tert-OH is 1. The summed E-state index contributed by atoms with van der Waals surface area (Å²) in [5.74, 6) is -2.10. The van der Waals surface area contributed by atoms with Crippen LogP contribution in [-0.4, -0.2) is 42.3 Å². The summed E-state index contributed by atoms with van der Waals surface area (Å²) in [4.78, 5) is 36.3. The van der Waals surface area contributed by atoms with Crippen molar-refractivity contribution in [2.24, 2.45) is 0 Å². The molecule has 0 amide bonds. The first-order chi connectivity index (χ1) is 14.8. The molecule has 0 saturated carbocycles. The number of dihydropyridines is 1. The fourth-order valence-electron chi connectivity index (χ4n) is 3.61. The molecule has 1 unspecified atom stereocenters. The fraction of sp³-hybridized carbons (Fsp3) is 0.455. The van der Waals surface area contributed by atoms with E-state index >= 15 is 0 Å². The van der Waals surface area contributed by atoms with E-state index in [-0.39, 0.29) is 30.0 Å². The van der Waals surface area contributed by atoms with E-state index in [4.69, 9.17) is 14.6 Å². The van der Waals surface area contributed by atoms with Crippen LogP contribution in [0.5, 0.6) is 0 Å². The highest BCUT2D eigenvalue weighted by Crippen LogP contribution is 2.40. The number of non-ortho nitro benzene ring substituents is 1. The Bertz CT molecular complexity index is 905. The van der Waals surface area contributed by atoms with Gasteiger partial charge in [0.2, 0.25) is 0 Å². The number of ether oxygens (including phenoxy) is 2. The van der Waals surface area contributed by atoms with Crippen molar-refractivity contribution >= 4 is 17.6 Å². The lowest BCUT2D eigenvalue weighted by Crippen LogP contribution is -2.32. The van der Waals surface area contributed by atoms with Crippen LogP contribution in [0.4, 0.5) is 5.69 Å². The molecule has 1 atom stereocenters. The van der Waals surface area contributed by atoms with Crippen LogP contribution in [0.2, 0.25) is 0 Å². The molecular formula is C22H28N2O7. The summed E-state index contributed by atoms with van der Waals surface area (Å²) in [5, 5.41) is 23.1. The average molecular weight is 432 g/mol. The zero-order valence-electron chi connectivity index (χ0n) is 18.0. The Balaban J connectivity index is 2.38. The molecule has 9 nitrogen and oxygen atoms in total. The van der Waals surface area contributed by atoms with Crippen molar-refractivity contribution in [1.29, 1.82) is 0 Å². The summed E-state index contributed by atoms with van der Waals surface area (Å²) in [6.07, 6.45) is 2.99. The lowest BCUT2D eigenvalue weighted by molar-refractivity contribution is -0.384. The van der Waals surface area contributed by atoms with Gasteiger partial charge in [-0.25, -0.2) is 9.59 Å². The fourth-order valence-corrected chi connectivity index (χ4v) is 3.61. The zero-order valence-corrected chi connectivity index (χ0v) is 18.0. The SMILES string of the molecule is COC(=O)C1=C(C)NC(C)=C(C(=O)OCCCCCCO)C1c1cccc([N+](=O)[O-])c1. The molecule has 0 saturated heterocycles. The molecule has 0 radical (unpaired) electrons. The minimum Gasteiger partial charge on any atom is -0.466 e. The van der Waals surface area contributed by atoms with E-state index in [1.54, 1.807) is 19.9 Å². The number of carbonyl (C=O) groups excluding carboxylic acids is 2. The van der Waals surface area contributed by atoms with Gasteiger partial charge in [0, 0.05) is 30.1 Å². The number of hydrogen-bond acceptors (Lipinski definition) is 8. The highest BCUT2D eigenvalue weighted by molar-refractivity contribution is 5.99. The normalized spacial score (nSPS) is 16.1. The van der Waals surface area contributed by atoms with E-state index in [2.05, 4.69) is 5.32 Å². The van der Waals surface area contributed by atoms with Crippen LogP contribution in [0.25, 0.3) is 0 Å². The van der Waals surface area contributed by atoms with Crippen LogP contribution in [0.1, 0.15) is 51.0 Å². The lowest BCUT2D eigenvalue weighted by Gasteiger charge is -2.30. The molecule has 1 heterocycles. The highest BCUT2D eigenvalue weighted by Gasteiger charge is 2.38. The first kappa shape index (κ1) is 24.1. The van der Waals surface area contributed by atoms with Crippen molar-refractivity contribution in [2.45, 2.75) is 45.4 Å². The number of nitrogens with zero attached hydrogens (tertiary/aromatic N) is 1. The summed E-state index contributed by atoms with van der Waals surface area (Å²) in [6.45, 7) is 3.70. The zero-order chi connectivity index (χ0) is 23.0. The number of unbranched alkanes of at least 4 members (excludes halogenated alkanes) is 3. The van der Waals surface area contributed by atoms with Crippen molar-refractivity contribution in [3.63, 3.8) is 0 Å². The van der Waals surface area contributed by atoms with Crippen LogP contribution in [0, 0.1) is 10.1 Å². The van der Waals surface area contributed by atoms with Gasteiger partial charge in [0.1, 0.15) is 0 Å². The molecule has 0 fully saturated rings. The first-order valence-corrected chi connectivity index (χ1v) is 10.1. The maximum Gasteiger partial charge on any atom is 0.336 e. The number of nitro groups is 1. The molecule has 168 valence electrons. The topological polar surface area (TPSA) is 128 Å². The number of rotatable bonds is 10. The number of aliphatic hydroxyl groups is 1. The van der Waals surface area contributed by atoms with Gasteiger partial charge >= 0.3 is 11.9 Å². The van der Waals surface area contributed by atoms with Crippen LogP contribution in [0.3, 0.4) is 0 Å². The minimum absolute atomic E-state index is 0.129. The molecular weight excluding hydrogens is 404 g/mol. The molecule has 9 heteroatoms. The first-order valence-electron chi connectivity index (χ1n) is 10.1. The summed E-state index contributed by atoms with van der Waals surface area (Å²) < 4.78 is 10.4. The monoisotopic (exact) mass is 432 g/mol. The van der Waals surface area contributed by atoms with Crippen LogP contribution >= 0.6 is 0 Å². The van der Waals surface area contributed by atoms with Gasteiger partial charge in [-0.2, -0.15) is 0 Å². The van der Waals surface area contributed by atoms with E-state index in [1.165, 1.54) is 25.3 Å². The maximum atomic E-state index is 13.0. The highest BCUT2D eigenvalue weighted by atomic mass is 16.6. The van der Waals surface area contributed by atoms with Crippen molar-refractivity contribution in [3.05, 3.63) is 62.5 Å².